The van der Waals surface area contributed by atoms with Gasteiger partial charge in [-0.25, -0.2) is 4.79 Å². The van der Waals surface area contributed by atoms with E-state index in [-0.39, 0.29) is 36.7 Å². The summed E-state index contributed by atoms with van der Waals surface area (Å²) in [7, 11) is 0. The van der Waals surface area contributed by atoms with Gasteiger partial charge in [-0.15, -0.1) is 0 Å². The van der Waals surface area contributed by atoms with Gasteiger partial charge in [-0.05, 0) is 31.2 Å². The molecule has 0 saturated carbocycles. The second kappa shape index (κ2) is 10.2. The van der Waals surface area contributed by atoms with Crippen molar-refractivity contribution in [1.82, 2.24) is 0 Å². The summed E-state index contributed by atoms with van der Waals surface area (Å²) in [5.41, 5.74) is 1.04. The standard InChI is InChI=1S/C24H24N2O8/c1-2-31-24(30)17-5-3-4-6-18(17)25-21(27)14-34-23(29)15-11-22(28)26(13-15)16-7-8-19-20(12-16)33-10-9-32-19/h3-8,12,15H,2,9-11,13-14H2,1H3,(H,25,27)/t15-/m1/s1. The molecule has 10 nitrogen and oxygen atoms in total. The van der Waals surface area contributed by atoms with Crippen LogP contribution in [0.4, 0.5) is 11.4 Å². The maximum atomic E-state index is 12.5. The number of hydrogen-bond acceptors (Lipinski definition) is 8. The zero-order valence-electron chi connectivity index (χ0n) is 18.6. The Morgan fingerprint density at radius 3 is 2.62 bits per heavy atom. The number of esters is 2. The van der Waals surface area contributed by atoms with Crippen LogP contribution in [0.25, 0.3) is 0 Å². The summed E-state index contributed by atoms with van der Waals surface area (Å²) in [5.74, 6) is -1.62. The fraction of sp³-hybridized carbons (Fsp3) is 0.333. The molecular weight excluding hydrogens is 444 g/mol. The third kappa shape index (κ3) is 5.11. The van der Waals surface area contributed by atoms with Crippen molar-refractivity contribution in [3.05, 3.63) is 48.0 Å². The van der Waals surface area contributed by atoms with Gasteiger partial charge in [0.1, 0.15) is 13.2 Å². The molecule has 178 valence electrons. The van der Waals surface area contributed by atoms with Crippen LogP contribution in [0.2, 0.25) is 0 Å². The fourth-order valence-corrected chi connectivity index (χ4v) is 3.73. The molecule has 2 heterocycles. The van der Waals surface area contributed by atoms with Gasteiger partial charge < -0.3 is 29.2 Å². The van der Waals surface area contributed by atoms with Crippen molar-refractivity contribution in [3.63, 3.8) is 0 Å². The van der Waals surface area contributed by atoms with Gasteiger partial charge in [-0.2, -0.15) is 0 Å². The summed E-state index contributed by atoms with van der Waals surface area (Å²) >= 11 is 0. The molecule has 0 bridgehead atoms. The monoisotopic (exact) mass is 468 g/mol. The van der Waals surface area contributed by atoms with Crippen LogP contribution in [0.1, 0.15) is 23.7 Å². The molecule has 0 radical (unpaired) electrons. The Morgan fingerprint density at radius 2 is 1.82 bits per heavy atom. The first-order valence-corrected chi connectivity index (χ1v) is 10.9. The molecule has 2 aliphatic heterocycles. The highest BCUT2D eigenvalue weighted by molar-refractivity contribution is 6.02. The molecule has 0 aliphatic carbocycles. The minimum absolute atomic E-state index is 0.0272. The van der Waals surface area contributed by atoms with E-state index >= 15 is 0 Å². The number of anilines is 2. The zero-order valence-corrected chi connectivity index (χ0v) is 18.6. The molecule has 0 aromatic heterocycles. The lowest BCUT2D eigenvalue weighted by atomic mass is 10.1. The molecule has 4 rings (SSSR count). The predicted molar refractivity (Wildman–Crippen MR) is 120 cm³/mol. The van der Waals surface area contributed by atoms with E-state index in [9.17, 15) is 19.2 Å². The lowest BCUT2D eigenvalue weighted by Gasteiger charge is -2.22. The number of nitrogens with one attached hydrogen (secondary N) is 1. The van der Waals surface area contributed by atoms with Crippen LogP contribution in [0.5, 0.6) is 11.5 Å². The Kier molecular flexibility index (Phi) is 6.95. The Hall–Kier alpha value is -4.08. The first-order valence-electron chi connectivity index (χ1n) is 10.9. The minimum Gasteiger partial charge on any atom is -0.486 e. The number of fused-ring (bicyclic) bond motifs is 1. The van der Waals surface area contributed by atoms with Gasteiger partial charge in [0.05, 0.1) is 23.8 Å². The zero-order chi connectivity index (χ0) is 24.1. The first kappa shape index (κ1) is 23.1. The van der Waals surface area contributed by atoms with E-state index in [1.807, 2.05) is 0 Å². The summed E-state index contributed by atoms with van der Waals surface area (Å²) in [6.07, 6.45) is -0.0272. The number of carbonyl (C=O) groups excluding carboxylic acids is 4. The van der Waals surface area contributed by atoms with Gasteiger partial charge in [0.2, 0.25) is 5.91 Å². The van der Waals surface area contributed by atoms with Gasteiger partial charge in [0.15, 0.2) is 18.1 Å². The molecule has 2 aliphatic rings. The van der Waals surface area contributed by atoms with E-state index in [0.29, 0.717) is 30.4 Å². The SMILES string of the molecule is CCOC(=O)c1ccccc1NC(=O)COC(=O)[C@@H]1CC(=O)N(c2ccc3c(c2)OCCO3)C1. The Labute approximate surface area is 195 Å². The van der Waals surface area contributed by atoms with E-state index in [2.05, 4.69) is 5.32 Å². The van der Waals surface area contributed by atoms with Crippen LogP contribution in [0, 0.1) is 5.92 Å². The largest absolute Gasteiger partial charge is 0.486 e. The number of amides is 2. The molecule has 2 aromatic rings. The summed E-state index contributed by atoms with van der Waals surface area (Å²) in [6.45, 7) is 2.34. The molecule has 1 saturated heterocycles. The maximum Gasteiger partial charge on any atom is 0.340 e. The second-order valence-electron chi connectivity index (χ2n) is 7.66. The normalized spacial score (nSPS) is 16.7. The number of hydrogen-bond donors (Lipinski definition) is 1. The van der Waals surface area contributed by atoms with E-state index in [0.717, 1.165) is 0 Å². The summed E-state index contributed by atoms with van der Waals surface area (Å²) in [4.78, 5) is 50.9. The van der Waals surface area contributed by atoms with E-state index < -0.39 is 30.4 Å². The van der Waals surface area contributed by atoms with Crippen LogP contribution in [0.15, 0.2) is 42.5 Å². The molecule has 10 heteroatoms. The predicted octanol–water partition coefficient (Wildman–Crippen LogP) is 2.17. The number of benzene rings is 2. The second-order valence-corrected chi connectivity index (χ2v) is 7.66. The van der Waals surface area contributed by atoms with Crippen molar-refractivity contribution >= 4 is 35.1 Å². The van der Waals surface area contributed by atoms with Crippen molar-refractivity contribution in [3.8, 4) is 11.5 Å². The molecule has 0 unspecified atom stereocenters. The van der Waals surface area contributed by atoms with Crippen LogP contribution in [0.3, 0.4) is 0 Å². The molecule has 2 amide bonds. The van der Waals surface area contributed by atoms with E-state index in [4.69, 9.17) is 18.9 Å². The Bertz CT molecular complexity index is 1120. The molecule has 1 N–H and O–H groups in total. The van der Waals surface area contributed by atoms with Crippen LogP contribution >= 0.6 is 0 Å². The molecule has 0 spiro atoms. The smallest absolute Gasteiger partial charge is 0.340 e. The van der Waals surface area contributed by atoms with Crippen molar-refractivity contribution in [1.29, 1.82) is 0 Å². The van der Waals surface area contributed by atoms with Crippen molar-refractivity contribution in [2.75, 3.05) is 43.2 Å². The molecule has 1 fully saturated rings. The Morgan fingerprint density at radius 1 is 1.06 bits per heavy atom. The molecule has 34 heavy (non-hydrogen) atoms. The van der Waals surface area contributed by atoms with Gasteiger partial charge in [-0.1, -0.05) is 12.1 Å². The van der Waals surface area contributed by atoms with Gasteiger partial charge in [0.25, 0.3) is 5.91 Å². The molecular formula is C24H24N2O8. The van der Waals surface area contributed by atoms with Gasteiger partial charge in [0, 0.05) is 24.7 Å². The van der Waals surface area contributed by atoms with E-state index in [1.165, 1.54) is 11.0 Å². The molecule has 2 aromatic carbocycles. The van der Waals surface area contributed by atoms with Crippen molar-refractivity contribution in [2.24, 2.45) is 5.92 Å². The van der Waals surface area contributed by atoms with Crippen LogP contribution < -0.4 is 19.7 Å². The average molecular weight is 468 g/mol. The fourth-order valence-electron chi connectivity index (χ4n) is 3.73. The third-order valence-electron chi connectivity index (χ3n) is 5.34. The first-order chi connectivity index (χ1) is 16.5. The van der Waals surface area contributed by atoms with Crippen LogP contribution in [-0.4, -0.2) is 56.7 Å². The number of para-hydroxylation sites is 1. The highest BCUT2D eigenvalue weighted by atomic mass is 16.6. The number of ether oxygens (including phenoxy) is 4. The van der Waals surface area contributed by atoms with Crippen molar-refractivity contribution < 1.29 is 38.1 Å². The van der Waals surface area contributed by atoms with E-state index in [1.54, 1.807) is 43.3 Å². The number of rotatable bonds is 7. The van der Waals surface area contributed by atoms with Crippen LogP contribution in [-0.2, 0) is 23.9 Å². The quantitative estimate of drug-likeness (QED) is 0.614. The lowest BCUT2D eigenvalue weighted by Crippen LogP contribution is -2.28. The number of carbonyl (C=O) groups is 4. The molecule has 1 atom stereocenters. The minimum atomic E-state index is -0.708. The lowest BCUT2D eigenvalue weighted by molar-refractivity contribution is -0.151. The van der Waals surface area contributed by atoms with Crippen molar-refractivity contribution in [2.45, 2.75) is 13.3 Å². The highest BCUT2D eigenvalue weighted by Crippen LogP contribution is 2.36. The summed E-state index contributed by atoms with van der Waals surface area (Å²) in [5, 5.41) is 2.55. The maximum absolute atomic E-state index is 12.5. The van der Waals surface area contributed by atoms with Gasteiger partial charge >= 0.3 is 11.9 Å². The Balaban J connectivity index is 1.32. The van der Waals surface area contributed by atoms with Gasteiger partial charge in [-0.3, -0.25) is 14.4 Å². The summed E-state index contributed by atoms with van der Waals surface area (Å²) < 4.78 is 21.2. The average Bonchev–Trinajstić information content (AvgIpc) is 3.24. The third-order valence-corrected chi connectivity index (χ3v) is 5.34. The number of nitrogens with zero attached hydrogens (tertiary/aromatic N) is 1. The summed E-state index contributed by atoms with van der Waals surface area (Å²) in [6, 6.07) is 11.5. The topological polar surface area (TPSA) is 120 Å². The highest BCUT2D eigenvalue weighted by Gasteiger charge is 2.37.